The van der Waals surface area contributed by atoms with E-state index in [4.69, 9.17) is 4.74 Å². The molecule has 0 saturated heterocycles. The van der Waals surface area contributed by atoms with Gasteiger partial charge < -0.3 is 15.0 Å². The Balaban J connectivity index is 1.75. The van der Waals surface area contributed by atoms with E-state index in [1.165, 1.54) is 24.3 Å². The molecule has 9 heteroatoms. The number of rotatable bonds is 6. The molecule has 0 unspecified atom stereocenters. The second-order valence-corrected chi connectivity index (χ2v) is 11.6. The SMILES string of the molecule is CC(C)Oc1ccc(C(=O)N[C@@]2(C(F)(F)F)C(=O)N(CC3CCCCC3)C3=C2C(=O)CC(C)(C)C3)cc1. The second-order valence-electron chi connectivity index (χ2n) is 11.6. The predicted octanol–water partition coefficient (Wildman–Crippen LogP) is 5.57. The van der Waals surface area contributed by atoms with Crippen LogP contribution in [0.25, 0.3) is 0 Å². The fourth-order valence-electron chi connectivity index (χ4n) is 5.85. The zero-order valence-electron chi connectivity index (χ0n) is 21.8. The highest BCUT2D eigenvalue weighted by Gasteiger charge is 2.71. The summed E-state index contributed by atoms with van der Waals surface area (Å²) in [6, 6.07) is 5.66. The van der Waals surface area contributed by atoms with Crippen molar-refractivity contribution in [2.24, 2.45) is 11.3 Å². The largest absolute Gasteiger partial charge is 0.491 e. The highest BCUT2D eigenvalue weighted by atomic mass is 19.4. The molecular weight excluding hydrogens is 485 g/mol. The number of amides is 2. The number of hydrogen-bond donors (Lipinski definition) is 1. The smallest absolute Gasteiger partial charge is 0.425 e. The van der Waals surface area contributed by atoms with E-state index in [1.54, 1.807) is 0 Å². The summed E-state index contributed by atoms with van der Waals surface area (Å²) in [6.45, 7) is 7.39. The lowest BCUT2D eigenvalue weighted by Gasteiger charge is -2.35. The Morgan fingerprint density at radius 1 is 1.08 bits per heavy atom. The highest BCUT2D eigenvalue weighted by Crippen LogP contribution is 2.52. The van der Waals surface area contributed by atoms with Crippen molar-refractivity contribution in [1.82, 2.24) is 10.2 Å². The van der Waals surface area contributed by atoms with Crippen LogP contribution in [0.1, 0.15) is 83.0 Å². The maximum Gasteiger partial charge on any atom is 0.425 e. The lowest BCUT2D eigenvalue weighted by atomic mass is 9.72. The van der Waals surface area contributed by atoms with Crippen LogP contribution in [0.15, 0.2) is 35.5 Å². The molecule has 2 amide bonds. The minimum Gasteiger partial charge on any atom is -0.491 e. The van der Waals surface area contributed by atoms with Crippen LogP contribution in [-0.4, -0.2) is 46.9 Å². The Bertz CT molecular complexity index is 1100. The number of ketones is 1. The summed E-state index contributed by atoms with van der Waals surface area (Å²) in [5, 5.41) is 2.01. The number of carbonyl (C=O) groups is 3. The summed E-state index contributed by atoms with van der Waals surface area (Å²) < 4.78 is 50.4. The van der Waals surface area contributed by atoms with Gasteiger partial charge in [0.15, 0.2) is 5.78 Å². The molecule has 1 aliphatic heterocycles. The molecule has 202 valence electrons. The molecule has 1 heterocycles. The van der Waals surface area contributed by atoms with Crippen LogP contribution in [0.4, 0.5) is 13.2 Å². The summed E-state index contributed by atoms with van der Waals surface area (Å²) in [7, 11) is 0. The molecule has 1 fully saturated rings. The monoisotopic (exact) mass is 520 g/mol. The third-order valence-electron chi connectivity index (χ3n) is 7.50. The van der Waals surface area contributed by atoms with Crippen LogP contribution in [0.5, 0.6) is 5.75 Å². The normalized spacial score (nSPS) is 24.5. The van der Waals surface area contributed by atoms with Crippen LogP contribution in [-0.2, 0) is 9.59 Å². The Hall–Kier alpha value is -2.84. The van der Waals surface area contributed by atoms with Crippen LogP contribution in [0.3, 0.4) is 0 Å². The molecule has 0 aromatic heterocycles. The van der Waals surface area contributed by atoms with E-state index in [9.17, 15) is 27.6 Å². The molecule has 0 spiro atoms. The highest BCUT2D eigenvalue weighted by molar-refractivity contribution is 6.14. The number of carbonyl (C=O) groups excluding carboxylic acids is 3. The average Bonchev–Trinajstić information content (AvgIpc) is 3.02. The average molecular weight is 521 g/mol. The molecule has 0 bridgehead atoms. The summed E-state index contributed by atoms with van der Waals surface area (Å²) in [5.41, 5.74) is -4.58. The van der Waals surface area contributed by atoms with Crippen molar-refractivity contribution < 1.29 is 32.3 Å². The summed E-state index contributed by atoms with van der Waals surface area (Å²) in [6.07, 6.45) is -0.688. The summed E-state index contributed by atoms with van der Waals surface area (Å²) in [4.78, 5) is 41.4. The van der Waals surface area contributed by atoms with Crippen molar-refractivity contribution in [2.75, 3.05) is 6.54 Å². The van der Waals surface area contributed by atoms with E-state index in [2.05, 4.69) is 0 Å². The van der Waals surface area contributed by atoms with Gasteiger partial charge in [0.2, 0.25) is 5.54 Å². The lowest BCUT2D eigenvalue weighted by molar-refractivity contribution is -0.190. The van der Waals surface area contributed by atoms with Crippen molar-refractivity contribution in [1.29, 1.82) is 0 Å². The Morgan fingerprint density at radius 3 is 2.27 bits per heavy atom. The number of hydrogen-bond acceptors (Lipinski definition) is 4. The first-order valence-corrected chi connectivity index (χ1v) is 13.0. The van der Waals surface area contributed by atoms with Gasteiger partial charge in [-0.05, 0) is 68.7 Å². The lowest BCUT2D eigenvalue weighted by Crippen LogP contribution is -2.66. The molecular formula is C28H35F3N2O4. The predicted molar refractivity (Wildman–Crippen MR) is 132 cm³/mol. The number of alkyl halides is 3. The van der Waals surface area contributed by atoms with Gasteiger partial charge in [0, 0.05) is 24.2 Å². The number of benzene rings is 1. The molecule has 4 rings (SSSR count). The van der Waals surface area contributed by atoms with Gasteiger partial charge in [0.25, 0.3) is 11.8 Å². The van der Waals surface area contributed by atoms with Gasteiger partial charge in [-0.25, -0.2) is 0 Å². The molecule has 1 aromatic rings. The molecule has 1 N–H and O–H groups in total. The van der Waals surface area contributed by atoms with E-state index >= 15 is 0 Å². The van der Waals surface area contributed by atoms with Gasteiger partial charge in [-0.2, -0.15) is 13.2 Å². The Morgan fingerprint density at radius 2 is 1.70 bits per heavy atom. The van der Waals surface area contributed by atoms with E-state index in [-0.39, 0.29) is 42.7 Å². The van der Waals surface area contributed by atoms with E-state index in [0.717, 1.165) is 37.0 Å². The molecule has 2 aliphatic carbocycles. The first-order valence-electron chi connectivity index (χ1n) is 13.0. The number of nitrogens with zero attached hydrogens (tertiary/aromatic N) is 1. The molecule has 1 aromatic carbocycles. The van der Waals surface area contributed by atoms with Crippen LogP contribution in [0, 0.1) is 11.3 Å². The van der Waals surface area contributed by atoms with Crippen LogP contribution >= 0.6 is 0 Å². The third-order valence-corrected chi connectivity index (χ3v) is 7.50. The van der Waals surface area contributed by atoms with Crippen molar-refractivity contribution in [3.8, 4) is 5.75 Å². The zero-order valence-corrected chi connectivity index (χ0v) is 21.8. The molecule has 0 radical (unpaired) electrons. The number of nitrogens with one attached hydrogen (secondary N) is 1. The van der Waals surface area contributed by atoms with Crippen molar-refractivity contribution >= 4 is 17.6 Å². The van der Waals surface area contributed by atoms with Gasteiger partial charge in [-0.15, -0.1) is 0 Å². The van der Waals surface area contributed by atoms with E-state index < -0.39 is 40.3 Å². The van der Waals surface area contributed by atoms with Gasteiger partial charge >= 0.3 is 6.18 Å². The number of allylic oxidation sites excluding steroid dienone is 1. The molecule has 3 aliphatic rings. The van der Waals surface area contributed by atoms with Gasteiger partial charge in [0.1, 0.15) is 5.75 Å². The zero-order chi connectivity index (χ0) is 27.2. The van der Waals surface area contributed by atoms with E-state index in [1.807, 2.05) is 33.0 Å². The second kappa shape index (κ2) is 9.80. The van der Waals surface area contributed by atoms with Gasteiger partial charge in [0.05, 0.1) is 11.7 Å². The van der Waals surface area contributed by atoms with E-state index in [0.29, 0.717) is 5.75 Å². The first kappa shape index (κ1) is 27.2. The fraction of sp³-hybridized carbons (Fsp3) is 0.607. The minimum atomic E-state index is -5.21. The van der Waals surface area contributed by atoms with Crippen molar-refractivity contribution in [3.63, 3.8) is 0 Å². The van der Waals surface area contributed by atoms with Crippen LogP contribution < -0.4 is 10.1 Å². The summed E-state index contributed by atoms with van der Waals surface area (Å²) >= 11 is 0. The maximum atomic E-state index is 15.0. The number of halogens is 3. The quantitative estimate of drug-likeness (QED) is 0.532. The summed E-state index contributed by atoms with van der Waals surface area (Å²) in [5.74, 6) is -2.59. The fourth-order valence-corrected chi connectivity index (χ4v) is 5.85. The van der Waals surface area contributed by atoms with Crippen molar-refractivity contribution in [2.45, 2.75) is 90.5 Å². The number of ether oxygens (including phenoxy) is 1. The topological polar surface area (TPSA) is 75.7 Å². The first-order chi connectivity index (χ1) is 17.2. The Kier molecular flexibility index (Phi) is 7.20. The minimum absolute atomic E-state index is 0.0554. The number of Topliss-reactive ketones (excluding diaryl/α,β-unsaturated/α-hetero) is 1. The molecule has 6 nitrogen and oxygen atoms in total. The Labute approximate surface area is 215 Å². The van der Waals surface area contributed by atoms with Crippen molar-refractivity contribution in [3.05, 3.63) is 41.1 Å². The third kappa shape index (κ3) is 5.14. The molecule has 37 heavy (non-hydrogen) atoms. The van der Waals surface area contributed by atoms with Gasteiger partial charge in [-0.1, -0.05) is 33.1 Å². The van der Waals surface area contributed by atoms with Gasteiger partial charge in [-0.3, -0.25) is 14.4 Å². The molecule has 1 saturated carbocycles. The maximum absolute atomic E-state index is 15.0. The standard InChI is InChI=1S/C28H35F3N2O4/c1-17(2)37-20-12-10-19(11-13-20)24(35)32-27(28(29,30)31)23-21(14-26(3,4)15-22(23)34)33(25(27)36)16-18-8-6-5-7-9-18/h10-13,17-18H,5-9,14-16H2,1-4H3,(H,32,35)/t27-/m1/s1. The molecule has 1 atom stereocenters. The van der Waals surface area contributed by atoms with Crippen LogP contribution in [0.2, 0.25) is 0 Å².